The molecular weight excluding hydrogens is 338 g/mol. The van der Waals surface area contributed by atoms with E-state index in [1.54, 1.807) is 4.90 Å². The van der Waals surface area contributed by atoms with Gasteiger partial charge in [-0.3, -0.25) is 9.69 Å². The summed E-state index contributed by atoms with van der Waals surface area (Å²) in [6, 6.07) is 12.4. The minimum Gasteiger partial charge on any atom is -0.494 e. The maximum Gasteiger partial charge on any atom is 0.236 e. The maximum atomic E-state index is 14.3. The lowest BCUT2D eigenvalue weighted by atomic mass is 10.1. The summed E-state index contributed by atoms with van der Waals surface area (Å²) in [5.74, 6) is -1.33. The third-order valence-corrected chi connectivity index (χ3v) is 4.66. The molecule has 0 unspecified atom stereocenters. The predicted octanol–water partition coefficient (Wildman–Crippen LogP) is 2.86. The summed E-state index contributed by atoms with van der Waals surface area (Å²) >= 11 is 0. The number of halogens is 2. The number of carbonyl (C=O) groups excluding carboxylic acids is 1. The van der Waals surface area contributed by atoms with Gasteiger partial charge in [0.15, 0.2) is 11.6 Å². The van der Waals surface area contributed by atoms with Crippen molar-refractivity contribution >= 4 is 5.91 Å². The van der Waals surface area contributed by atoms with Gasteiger partial charge in [-0.05, 0) is 24.1 Å². The van der Waals surface area contributed by atoms with Gasteiger partial charge in [-0.15, -0.1) is 0 Å². The molecule has 4 nitrogen and oxygen atoms in total. The molecule has 1 heterocycles. The lowest BCUT2D eigenvalue weighted by molar-refractivity contribution is -0.136. The van der Waals surface area contributed by atoms with Crippen LogP contribution in [0.15, 0.2) is 42.5 Å². The Bertz CT molecular complexity index is 768. The highest BCUT2D eigenvalue weighted by Crippen LogP contribution is 2.24. The predicted molar refractivity (Wildman–Crippen MR) is 94.9 cm³/mol. The lowest BCUT2D eigenvalue weighted by Gasteiger charge is -2.34. The van der Waals surface area contributed by atoms with Crippen LogP contribution in [0.5, 0.6) is 5.75 Å². The minimum absolute atomic E-state index is 0.00854. The van der Waals surface area contributed by atoms with Crippen molar-refractivity contribution in [2.75, 3.05) is 33.3 Å². The van der Waals surface area contributed by atoms with Crippen molar-refractivity contribution in [3.05, 3.63) is 65.2 Å². The minimum atomic E-state index is -0.702. The van der Waals surface area contributed by atoms with E-state index < -0.39 is 11.6 Å². The highest BCUT2D eigenvalue weighted by Gasteiger charge is 2.26. The normalized spacial score (nSPS) is 15.3. The number of benzene rings is 2. The van der Waals surface area contributed by atoms with Gasteiger partial charge < -0.3 is 9.64 Å². The number of hydrogen-bond acceptors (Lipinski definition) is 3. The molecule has 0 aromatic heterocycles. The first-order valence-corrected chi connectivity index (χ1v) is 8.63. The van der Waals surface area contributed by atoms with E-state index in [2.05, 4.69) is 0 Å². The van der Waals surface area contributed by atoms with Gasteiger partial charge in [0, 0.05) is 31.7 Å². The molecule has 138 valence electrons. The molecule has 2 aromatic carbocycles. The van der Waals surface area contributed by atoms with E-state index in [0.717, 1.165) is 6.42 Å². The lowest BCUT2D eigenvalue weighted by Crippen LogP contribution is -2.50. The van der Waals surface area contributed by atoms with Crippen molar-refractivity contribution in [3.8, 4) is 5.75 Å². The van der Waals surface area contributed by atoms with Crippen LogP contribution < -0.4 is 4.74 Å². The molecule has 0 radical (unpaired) electrons. The second-order valence-corrected chi connectivity index (χ2v) is 6.37. The van der Waals surface area contributed by atoms with E-state index >= 15 is 0 Å². The number of ether oxygens (including phenoxy) is 1. The number of piperazine rings is 1. The summed E-state index contributed by atoms with van der Waals surface area (Å²) in [7, 11) is 1.34. The number of nitrogens with zero attached hydrogens (tertiary/aromatic N) is 2. The number of hydrogen-bond donors (Lipinski definition) is 0. The summed E-state index contributed by atoms with van der Waals surface area (Å²) < 4.78 is 33.2. The van der Waals surface area contributed by atoms with Gasteiger partial charge in [0.2, 0.25) is 5.91 Å². The van der Waals surface area contributed by atoms with Crippen LogP contribution in [0.4, 0.5) is 8.78 Å². The Morgan fingerprint density at radius 1 is 1.08 bits per heavy atom. The Kier molecular flexibility index (Phi) is 5.83. The molecular formula is C20H22F2N2O2. The second kappa shape index (κ2) is 8.27. The van der Waals surface area contributed by atoms with E-state index in [0.29, 0.717) is 19.6 Å². The zero-order valence-electron chi connectivity index (χ0n) is 14.8. The van der Waals surface area contributed by atoms with Gasteiger partial charge in [-0.1, -0.05) is 30.3 Å². The smallest absolute Gasteiger partial charge is 0.236 e. The van der Waals surface area contributed by atoms with Crippen molar-refractivity contribution < 1.29 is 18.3 Å². The Labute approximate surface area is 152 Å². The molecule has 0 atom stereocenters. The number of rotatable bonds is 6. The topological polar surface area (TPSA) is 32.8 Å². The molecule has 0 saturated carbocycles. The van der Waals surface area contributed by atoms with Gasteiger partial charge in [-0.2, -0.15) is 0 Å². The SMILES string of the molecule is COc1ccc(F)c(CN2CCN(CCc3ccccc3)C(=O)C2)c1F. The van der Waals surface area contributed by atoms with Crippen molar-refractivity contribution in [1.82, 2.24) is 9.80 Å². The Balaban J connectivity index is 1.58. The van der Waals surface area contributed by atoms with Crippen LogP contribution in [-0.4, -0.2) is 49.0 Å². The average molecular weight is 360 g/mol. The van der Waals surface area contributed by atoms with Gasteiger partial charge in [0.1, 0.15) is 5.82 Å². The summed E-state index contributed by atoms with van der Waals surface area (Å²) in [4.78, 5) is 16.0. The second-order valence-electron chi connectivity index (χ2n) is 6.37. The Hall–Kier alpha value is -2.47. The van der Waals surface area contributed by atoms with Gasteiger partial charge >= 0.3 is 0 Å². The molecule has 0 aliphatic carbocycles. The first-order chi connectivity index (χ1) is 12.6. The van der Waals surface area contributed by atoms with E-state index in [4.69, 9.17) is 4.74 Å². The number of amides is 1. The maximum absolute atomic E-state index is 14.3. The molecule has 1 aliphatic heterocycles. The summed E-state index contributed by atoms with van der Waals surface area (Å²) in [6.07, 6.45) is 0.797. The van der Waals surface area contributed by atoms with Crippen molar-refractivity contribution in [3.63, 3.8) is 0 Å². The first kappa shape index (κ1) is 18.3. The molecule has 0 N–H and O–H groups in total. The van der Waals surface area contributed by atoms with E-state index in [1.165, 1.54) is 24.8 Å². The van der Waals surface area contributed by atoms with Crippen LogP contribution in [-0.2, 0) is 17.8 Å². The van der Waals surface area contributed by atoms with Gasteiger partial charge in [0.25, 0.3) is 0 Å². The van der Waals surface area contributed by atoms with E-state index in [9.17, 15) is 13.6 Å². The largest absolute Gasteiger partial charge is 0.494 e. The summed E-state index contributed by atoms with van der Waals surface area (Å²) in [5, 5.41) is 0. The van der Waals surface area contributed by atoms with Crippen LogP contribution in [0.1, 0.15) is 11.1 Å². The zero-order chi connectivity index (χ0) is 18.5. The molecule has 1 saturated heterocycles. The molecule has 26 heavy (non-hydrogen) atoms. The fraction of sp³-hybridized carbons (Fsp3) is 0.350. The van der Waals surface area contributed by atoms with E-state index in [-0.39, 0.29) is 30.3 Å². The molecule has 3 rings (SSSR count). The molecule has 0 spiro atoms. The van der Waals surface area contributed by atoms with Crippen molar-refractivity contribution in [1.29, 1.82) is 0 Å². The Morgan fingerprint density at radius 3 is 2.54 bits per heavy atom. The summed E-state index contributed by atoms with van der Waals surface area (Å²) in [6.45, 7) is 1.99. The van der Waals surface area contributed by atoms with Crippen molar-refractivity contribution in [2.45, 2.75) is 13.0 Å². The molecule has 1 fully saturated rings. The fourth-order valence-electron chi connectivity index (χ4n) is 3.14. The summed E-state index contributed by atoms with van der Waals surface area (Å²) in [5.41, 5.74) is 1.12. The highest BCUT2D eigenvalue weighted by atomic mass is 19.1. The number of carbonyl (C=O) groups is 1. The van der Waals surface area contributed by atoms with Gasteiger partial charge in [-0.25, -0.2) is 8.78 Å². The zero-order valence-corrected chi connectivity index (χ0v) is 14.8. The highest BCUT2D eigenvalue weighted by molar-refractivity contribution is 5.79. The third kappa shape index (κ3) is 4.19. The molecule has 2 aromatic rings. The number of methoxy groups -OCH3 is 1. The van der Waals surface area contributed by atoms with Crippen LogP contribution in [0, 0.1) is 11.6 Å². The average Bonchev–Trinajstić information content (AvgIpc) is 2.65. The third-order valence-electron chi connectivity index (χ3n) is 4.66. The van der Waals surface area contributed by atoms with E-state index in [1.807, 2.05) is 35.2 Å². The van der Waals surface area contributed by atoms with Crippen molar-refractivity contribution in [2.24, 2.45) is 0 Å². The first-order valence-electron chi connectivity index (χ1n) is 8.63. The van der Waals surface area contributed by atoms with Crippen LogP contribution in [0.3, 0.4) is 0 Å². The molecule has 1 amide bonds. The quantitative estimate of drug-likeness (QED) is 0.794. The molecule has 0 bridgehead atoms. The Morgan fingerprint density at radius 2 is 1.85 bits per heavy atom. The molecule has 6 heteroatoms. The monoisotopic (exact) mass is 360 g/mol. The van der Waals surface area contributed by atoms with Crippen LogP contribution in [0.2, 0.25) is 0 Å². The molecule has 1 aliphatic rings. The van der Waals surface area contributed by atoms with Crippen LogP contribution >= 0.6 is 0 Å². The van der Waals surface area contributed by atoms with Gasteiger partial charge in [0.05, 0.1) is 13.7 Å². The standard InChI is InChI=1S/C20H22F2N2O2/c1-26-18-8-7-17(21)16(20(18)22)13-23-11-12-24(19(25)14-23)10-9-15-5-3-2-4-6-15/h2-8H,9-14H2,1H3. The fourth-order valence-corrected chi connectivity index (χ4v) is 3.14. The van der Waals surface area contributed by atoms with Crippen LogP contribution in [0.25, 0.3) is 0 Å².